The number of benzene rings is 2. The molecular weight excluding hydrogens is 434 g/mol. The number of nitrogens with zero attached hydrogens (tertiary/aromatic N) is 4. The lowest BCUT2D eigenvalue weighted by Crippen LogP contribution is -2.26. The first-order valence-electron chi connectivity index (χ1n) is 10.7. The fraction of sp³-hybridized carbons (Fsp3) is 0.154. The SMILES string of the molecule is CN(C)[C@H](CNc1ncnc2c1c(-c1ccccc1)cn2-c1ccc(Cl)cc1)c1ccco1. The van der Waals surface area contributed by atoms with Crippen molar-refractivity contribution < 1.29 is 4.42 Å². The lowest BCUT2D eigenvalue weighted by atomic mass is 10.1. The first kappa shape index (κ1) is 21.2. The summed E-state index contributed by atoms with van der Waals surface area (Å²) in [4.78, 5) is 11.4. The maximum Gasteiger partial charge on any atom is 0.150 e. The van der Waals surface area contributed by atoms with E-state index in [9.17, 15) is 0 Å². The second-order valence-corrected chi connectivity index (χ2v) is 8.49. The fourth-order valence-electron chi connectivity index (χ4n) is 4.04. The number of nitrogens with one attached hydrogen (secondary N) is 1. The zero-order chi connectivity index (χ0) is 22.8. The summed E-state index contributed by atoms with van der Waals surface area (Å²) in [6, 6.07) is 22.0. The van der Waals surface area contributed by atoms with Crippen molar-refractivity contribution in [3.63, 3.8) is 0 Å². The van der Waals surface area contributed by atoms with Crippen LogP contribution in [0.3, 0.4) is 0 Å². The molecule has 3 heterocycles. The summed E-state index contributed by atoms with van der Waals surface area (Å²) in [5.41, 5.74) is 3.97. The quantitative estimate of drug-likeness (QED) is 0.322. The highest BCUT2D eigenvalue weighted by Crippen LogP contribution is 2.35. The number of furan rings is 1. The fourth-order valence-corrected chi connectivity index (χ4v) is 4.17. The van der Waals surface area contributed by atoms with Crippen molar-refractivity contribution >= 4 is 28.5 Å². The molecule has 3 aromatic heterocycles. The number of anilines is 1. The molecule has 5 rings (SSSR count). The minimum Gasteiger partial charge on any atom is -0.468 e. The van der Waals surface area contributed by atoms with Crippen LogP contribution in [-0.2, 0) is 0 Å². The number of fused-ring (bicyclic) bond motifs is 1. The van der Waals surface area contributed by atoms with E-state index in [0.717, 1.165) is 39.4 Å². The van der Waals surface area contributed by atoms with Crippen LogP contribution in [0.15, 0.2) is 89.9 Å². The van der Waals surface area contributed by atoms with Gasteiger partial charge in [-0.15, -0.1) is 0 Å². The summed E-state index contributed by atoms with van der Waals surface area (Å²) in [5.74, 6) is 1.68. The highest BCUT2D eigenvalue weighted by Gasteiger charge is 2.20. The first-order chi connectivity index (χ1) is 16.1. The molecule has 0 aliphatic carbocycles. The number of aromatic nitrogens is 3. The van der Waals surface area contributed by atoms with E-state index in [1.807, 2.05) is 68.7 Å². The van der Waals surface area contributed by atoms with Crippen LogP contribution >= 0.6 is 11.6 Å². The third-order valence-corrected chi connectivity index (χ3v) is 5.98. The summed E-state index contributed by atoms with van der Waals surface area (Å²) in [7, 11) is 4.08. The van der Waals surface area contributed by atoms with Crippen LogP contribution in [0, 0.1) is 0 Å². The highest BCUT2D eigenvalue weighted by atomic mass is 35.5. The molecule has 7 heteroatoms. The molecule has 6 nitrogen and oxygen atoms in total. The summed E-state index contributed by atoms with van der Waals surface area (Å²) in [5, 5.41) is 5.22. The summed E-state index contributed by atoms with van der Waals surface area (Å²) >= 11 is 6.13. The minimum absolute atomic E-state index is 0.0588. The van der Waals surface area contributed by atoms with Gasteiger partial charge in [0.05, 0.1) is 17.7 Å². The van der Waals surface area contributed by atoms with Crippen LogP contribution in [0.4, 0.5) is 5.82 Å². The van der Waals surface area contributed by atoms with E-state index in [2.05, 4.69) is 43.1 Å². The van der Waals surface area contributed by atoms with Crippen molar-refractivity contribution in [2.75, 3.05) is 26.0 Å². The van der Waals surface area contributed by atoms with Gasteiger partial charge in [0.1, 0.15) is 17.9 Å². The molecule has 0 saturated carbocycles. The lowest BCUT2D eigenvalue weighted by Gasteiger charge is -2.23. The molecule has 5 aromatic rings. The molecule has 0 radical (unpaired) electrons. The zero-order valence-corrected chi connectivity index (χ0v) is 19.2. The van der Waals surface area contributed by atoms with Crippen molar-refractivity contribution in [2.45, 2.75) is 6.04 Å². The van der Waals surface area contributed by atoms with Gasteiger partial charge >= 0.3 is 0 Å². The molecule has 1 N–H and O–H groups in total. The van der Waals surface area contributed by atoms with Gasteiger partial charge in [-0.3, -0.25) is 4.90 Å². The van der Waals surface area contributed by atoms with Crippen LogP contribution in [0.5, 0.6) is 0 Å². The number of hydrogen-bond donors (Lipinski definition) is 1. The molecule has 166 valence electrons. The second-order valence-electron chi connectivity index (χ2n) is 8.05. The average molecular weight is 458 g/mol. The van der Waals surface area contributed by atoms with Crippen LogP contribution < -0.4 is 5.32 Å². The van der Waals surface area contributed by atoms with Gasteiger partial charge in [-0.2, -0.15) is 0 Å². The molecule has 0 aliphatic heterocycles. The second kappa shape index (κ2) is 9.10. The topological polar surface area (TPSA) is 59.1 Å². The van der Waals surface area contributed by atoms with Crippen molar-refractivity contribution in [3.05, 3.63) is 96.3 Å². The van der Waals surface area contributed by atoms with E-state index in [0.29, 0.717) is 11.6 Å². The largest absolute Gasteiger partial charge is 0.468 e. The van der Waals surface area contributed by atoms with Crippen LogP contribution in [0.2, 0.25) is 5.02 Å². The van der Waals surface area contributed by atoms with Crippen LogP contribution in [-0.4, -0.2) is 40.1 Å². The van der Waals surface area contributed by atoms with Gasteiger partial charge < -0.3 is 14.3 Å². The van der Waals surface area contributed by atoms with Gasteiger partial charge in [-0.25, -0.2) is 9.97 Å². The Hall–Kier alpha value is -3.61. The molecule has 33 heavy (non-hydrogen) atoms. The molecule has 0 saturated heterocycles. The van der Waals surface area contributed by atoms with Gasteiger partial charge in [-0.05, 0) is 56.1 Å². The predicted octanol–water partition coefficient (Wildman–Crippen LogP) is 6.05. The zero-order valence-electron chi connectivity index (χ0n) is 18.4. The van der Waals surface area contributed by atoms with Crippen molar-refractivity contribution in [1.29, 1.82) is 0 Å². The smallest absolute Gasteiger partial charge is 0.150 e. The van der Waals surface area contributed by atoms with Gasteiger partial charge in [0.2, 0.25) is 0 Å². The molecule has 0 amide bonds. The Bertz CT molecular complexity index is 1350. The van der Waals surface area contributed by atoms with Gasteiger partial charge in [-0.1, -0.05) is 41.9 Å². The number of halogens is 1. The van der Waals surface area contributed by atoms with E-state index >= 15 is 0 Å². The number of hydrogen-bond acceptors (Lipinski definition) is 5. The maximum absolute atomic E-state index is 6.13. The van der Waals surface area contributed by atoms with Crippen LogP contribution in [0.25, 0.3) is 27.8 Å². The standard InChI is InChI=1S/C26H24ClN5O/c1-31(2)22(23-9-6-14-33-23)15-28-25-24-21(18-7-4-3-5-8-18)16-32(26(24)30-17-29-25)20-12-10-19(27)11-13-20/h3-14,16-17,22H,15H2,1-2H3,(H,28,29,30)/t22-/m1/s1. The molecule has 2 aromatic carbocycles. The van der Waals surface area contributed by atoms with Gasteiger partial charge in [0.15, 0.2) is 5.65 Å². The van der Waals surface area contributed by atoms with Gasteiger partial charge in [0, 0.05) is 29.0 Å². The molecule has 0 aliphatic rings. The maximum atomic E-state index is 6.13. The number of rotatable bonds is 7. The van der Waals surface area contributed by atoms with E-state index in [1.54, 1.807) is 12.6 Å². The third kappa shape index (κ3) is 4.23. The lowest BCUT2D eigenvalue weighted by molar-refractivity contribution is 0.269. The van der Waals surface area contributed by atoms with Crippen molar-refractivity contribution in [2.24, 2.45) is 0 Å². The Morgan fingerprint density at radius 3 is 2.48 bits per heavy atom. The Labute approximate surface area is 197 Å². The van der Waals surface area contributed by atoms with E-state index in [1.165, 1.54) is 0 Å². The van der Waals surface area contributed by atoms with E-state index in [4.69, 9.17) is 16.0 Å². The van der Waals surface area contributed by atoms with Crippen molar-refractivity contribution in [1.82, 2.24) is 19.4 Å². The predicted molar refractivity (Wildman–Crippen MR) is 133 cm³/mol. The summed E-state index contributed by atoms with van der Waals surface area (Å²) in [6.45, 7) is 0.632. The summed E-state index contributed by atoms with van der Waals surface area (Å²) in [6.07, 6.45) is 5.41. The molecule has 1 atom stereocenters. The molecular formula is C26H24ClN5O. The Kier molecular flexibility index (Phi) is 5.86. The average Bonchev–Trinajstić information content (AvgIpc) is 3.49. The summed E-state index contributed by atoms with van der Waals surface area (Å²) < 4.78 is 7.75. The van der Waals surface area contributed by atoms with Crippen LogP contribution in [0.1, 0.15) is 11.8 Å². The third-order valence-electron chi connectivity index (χ3n) is 5.73. The molecule has 0 spiro atoms. The number of likely N-dealkylation sites (N-methyl/N-ethyl adjacent to an activating group) is 1. The molecule has 0 unspecified atom stereocenters. The Balaban J connectivity index is 1.61. The minimum atomic E-state index is 0.0588. The van der Waals surface area contributed by atoms with Crippen molar-refractivity contribution in [3.8, 4) is 16.8 Å². The first-order valence-corrected chi connectivity index (χ1v) is 11.1. The van der Waals surface area contributed by atoms with Gasteiger partial charge in [0.25, 0.3) is 0 Å². The van der Waals surface area contributed by atoms with E-state index < -0.39 is 0 Å². The Morgan fingerprint density at radius 1 is 1.00 bits per heavy atom. The normalized spacial score (nSPS) is 12.4. The molecule has 0 bridgehead atoms. The molecule has 0 fully saturated rings. The Morgan fingerprint density at radius 2 is 1.79 bits per heavy atom. The van der Waals surface area contributed by atoms with E-state index in [-0.39, 0.29) is 6.04 Å². The monoisotopic (exact) mass is 457 g/mol. The highest BCUT2D eigenvalue weighted by molar-refractivity contribution is 6.30.